The minimum Gasteiger partial charge on any atom is -0.410 e. The molecule has 3 aromatic carbocycles. The molecule has 0 aliphatic carbocycles. The van der Waals surface area contributed by atoms with Crippen LogP contribution in [0.4, 0.5) is 4.79 Å². The molecule has 3 atom stereocenters. The number of aliphatic hydroxyl groups is 1. The quantitative estimate of drug-likeness (QED) is 0.242. The molecule has 0 unspecified atom stereocenters. The predicted octanol–water partition coefficient (Wildman–Crippen LogP) is 3.74. The standard InChI is InChI=1S/C25H25N5O4/c26-30-29-22(24(32)27-17-19-12-6-2-7-13-19)23(31)21(16-18-10-4-1-5-11-18)28-25(33)34-20-14-8-3-9-15-20/h1-15,21-23,31H,16-17H2,(H,27,32)(H,28,33)/t21-,22-,23-/m1/s1. The van der Waals surface area contributed by atoms with Crippen LogP contribution in [-0.4, -0.2) is 35.3 Å². The van der Waals surface area contributed by atoms with Gasteiger partial charge in [0.15, 0.2) is 0 Å². The molecular formula is C25H25N5O4. The van der Waals surface area contributed by atoms with Gasteiger partial charge in [0.25, 0.3) is 0 Å². The van der Waals surface area contributed by atoms with Gasteiger partial charge in [0.05, 0.1) is 12.1 Å². The van der Waals surface area contributed by atoms with Crippen molar-refractivity contribution in [2.45, 2.75) is 31.2 Å². The highest BCUT2D eigenvalue weighted by molar-refractivity contribution is 5.83. The molecule has 0 spiro atoms. The largest absolute Gasteiger partial charge is 0.412 e. The van der Waals surface area contributed by atoms with Crippen LogP contribution in [-0.2, 0) is 17.8 Å². The lowest BCUT2D eigenvalue weighted by atomic mass is 9.96. The number of hydrogen-bond acceptors (Lipinski definition) is 5. The van der Waals surface area contributed by atoms with Gasteiger partial charge in [0.2, 0.25) is 5.91 Å². The Bertz CT molecular complexity index is 1110. The van der Waals surface area contributed by atoms with Crippen LogP contribution < -0.4 is 15.4 Å². The van der Waals surface area contributed by atoms with E-state index in [0.717, 1.165) is 11.1 Å². The highest BCUT2D eigenvalue weighted by Gasteiger charge is 2.34. The molecule has 0 heterocycles. The average Bonchev–Trinajstić information content (AvgIpc) is 2.87. The van der Waals surface area contributed by atoms with E-state index in [4.69, 9.17) is 10.3 Å². The van der Waals surface area contributed by atoms with Crippen molar-refractivity contribution >= 4 is 12.0 Å². The van der Waals surface area contributed by atoms with Gasteiger partial charge in [0.1, 0.15) is 11.8 Å². The first-order valence-corrected chi connectivity index (χ1v) is 10.7. The second-order valence-electron chi connectivity index (χ2n) is 7.49. The molecule has 9 heteroatoms. The van der Waals surface area contributed by atoms with Gasteiger partial charge in [-0.15, -0.1) is 0 Å². The van der Waals surface area contributed by atoms with E-state index in [-0.39, 0.29) is 13.0 Å². The molecule has 0 aliphatic heterocycles. The van der Waals surface area contributed by atoms with Gasteiger partial charge >= 0.3 is 6.09 Å². The van der Waals surface area contributed by atoms with Gasteiger partial charge in [0, 0.05) is 11.5 Å². The van der Waals surface area contributed by atoms with Gasteiger partial charge in [-0.3, -0.25) is 4.79 Å². The minimum atomic E-state index is -1.52. The molecule has 0 radical (unpaired) electrons. The van der Waals surface area contributed by atoms with E-state index in [0.29, 0.717) is 5.75 Å². The summed E-state index contributed by atoms with van der Waals surface area (Å²) in [6.45, 7) is 0.191. The van der Waals surface area contributed by atoms with Crippen LogP contribution >= 0.6 is 0 Å². The van der Waals surface area contributed by atoms with Crippen molar-refractivity contribution in [1.29, 1.82) is 0 Å². The number of nitrogens with one attached hydrogen (secondary N) is 2. The smallest absolute Gasteiger partial charge is 0.410 e. The number of aliphatic hydroxyl groups excluding tert-OH is 1. The zero-order chi connectivity index (χ0) is 24.2. The van der Waals surface area contributed by atoms with Crippen LogP contribution in [0.5, 0.6) is 5.75 Å². The first-order chi connectivity index (χ1) is 16.6. The number of nitrogens with zero attached hydrogens (tertiary/aromatic N) is 3. The number of carbonyl (C=O) groups is 2. The molecule has 3 N–H and O–H groups in total. The third-order valence-electron chi connectivity index (χ3n) is 5.05. The van der Waals surface area contributed by atoms with Crippen molar-refractivity contribution in [2.75, 3.05) is 0 Å². The van der Waals surface area contributed by atoms with E-state index in [2.05, 4.69) is 20.7 Å². The van der Waals surface area contributed by atoms with Crippen LogP contribution in [0.25, 0.3) is 10.4 Å². The number of benzene rings is 3. The molecule has 0 aliphatic rings. The van der Waals surface area contributed by atoms with Crippen LogP contribution in [0.3, 0.4) is 0 Å². The Hall–Kier alpha value is -4.33. The summed E-state index contributed by atoms with van der Waals surface area (Å²) in [7, 11) is 0. The van der Waals surface area contributed by atoms with Crippen LogP contribution in [0, 0.1) is 0 Å². The molecule has 3 aromatic rings. The summed E-state index contributed by atoms with van der Waals surface area (Å²) >= 11 is 0. The maximum Gasteiger partial charge on any atom is 0.412 e. The predicted molar refractivity (Wildman–Crippen MR) is 127 cm³/mol. The van der Waals surface area contributed by atoms with Crippen LogP contribution in [0.1, 0.15) is 11.1 Å². The van der Waals surface area contributed by atoms with E-state index in [9.17, 15) is 14.7 Å². The first-order valence-electron chi connectivity index (χ1n) is 10.7. The molecule has 0 aromatic heterocycles. The van der Waals surface area contributed by atoms with E-state index < -0.39 is 30.2 Å². The summed E-state index contributed by atoms with van der Waals surface area (Å²) in [5.74, 6) is -0.342. The van der Waals surface area contributed by atoms with Crippen molar-refractivity contribution < 1.29 is 19.4 Å². The van der Waals surface area contributed by atoms with Gasteiger partial charge in [-0.05, 0) is 35.2 Å². The van der Waals surface area contributed by atoms with Crippen LogP contribution in [0.2, 0.25) is 0 Å². The Morgan fingerprint density at radius 3 is 2.06 bits per heavy atom. The highest BCUT2D eigenvalue weighted by Crippen LogP contribution is 2.14. The van der Waals surface area contributed by atoms with E-state index in [1.807, 2.05) is 60.7 Å². The Morgan fingerprint density at radius 1 is 0.912 bits per heavy atom. The van der Waals surface area contributed by atoms with Crippen molar-refractivity contribution in [3.8, 4) is 5.75 Å². The lowest BCUT2D eigenvalue weighted by molar-refractivity contribution is -0.125. The fraction of sp³-hybridized carbons (Fsp3) is 0.200. The fourth-order valence-corrected chi connectivity index (χ4v) is 3.34. The normalized spacial score (nSPS) is 13.0. The first kappa shape index (κ1) is 24.3. The number of azide groups is 1. The monoisotopic (exact) mass is 459 g/mol. The third-order valence-corrected chi connectivity index (χ3v) is 5.05. The van der Waals surface area contributed by atoms with Crippen molar-refractivity contribution in [3.63, 3.8) is 0 Å². The number of carbonyl (C=O) groups excluding carboxylic acids is 2. The van der Waals surface area contributed by atoms with E-state index in [1.54, 1.807) is 30.3 Å². The Labute approximate surface area is 197 Å². The summed E-state index contributed by atoms with van der Waals surface area (Å²) < 4.78 is 5.27. The number of hydrogen-bond donors (Lipinski definition) is 3. The molecule has 2 amide bonds. The van der Waals surface area contributed by atoms with Gasteiger partial charge in [-0.2, -0.15) is 0 Å². The van der Waals surface area contributed by atoms with Crippen molar-refractivity contribution in [1.82, 2.24) is 10.6 Å². The summed E-state index contributed by atoms with van der Waals surface area (Å²) in [6.07, 6.45) is -2.15. The van der Waals surface area contributed by atoms with E-state index in [1.165, 1.54) is 0 Å². The molecular weight excluding hydrogens is 434 g/mol. The topological polar surface area (TPSA) is 136 Å². The minimum absolute atomic E-state index is 0.176. The lowest BCUT2D eigenvalue weighted by Crippen LogP contribution is -2.53. The number of rotatable bonds is 10. The average molecular weight is 460 g/mol. The fourth-order valence-electron chi connectivity index (χ4n) is 3.34. The molecule has 9 nitrogen and oxygen atoms in total. The molecule has 34 heavy (non-hydrogen) atoms. The number of para-hydroxylation sites is 1. The zero-order valence-corrected chi connectivity index (χ0v) is 18.3. The van der Waals surface area contributed by atoms with Crippen molar-refractivity contribution in [2.24, 2.45) is 5.11 Å². The molecule has 0 saturated carbocycles. The summed E-state index contributed by atoms with van der Waals surface area (Å²) in [6, 6.07) is 24.3. The third kappa shape index (κ3) is 7.37. The summed E-state index contributed by atoms with van der Waals surface area (Å²) in [5.41, 5.74) is 10.7. The number of ether oxygens (including phenoxy) is 1. The molecule has 0 bridgehead atoms. The van der Waals surface area contributed by atoms with Gasteiger partial charge < -0.3 is 20.5 Å². The molecule has 3 rings (SSSR count). The lowest BCUT2D eigenvalue weighted by Gasteiger charge is -2.27. The summed E-state index contributed by atoms with van der Waals surface area (Å²) in [4.78, 5) is 28.1. The van der Waals surface area contributed by atoms with Gasteiger partial charge in [-0.25, -0.2) is 4.79 Å². The van der Waals surface area contributed by atoms with E-state index >= 15 is 0 Å². The number of amides is 2. The zero-order valence-electron chi connectivity index (χ0n) is 18.3. The van der Waals surface area contributed by atoms with Crippen LogP contribution in [0.15, 0.2) is 96.1 Å². The SMILES string of the molecule is [N-]=[N+]=N[C@@H](C(=O)NCc1ccccc1)[C@H](O)[C@@H](Cc1ccccc1)NC(=O)Oc1ccccc1. The second-order valence-corrected chi connectivity index (χ2v) is 7.49. The molecule has 0 saturated heterocycles. The summed E-state index contributed by atoms with van der Waals surface area (Å²) in [5, 5.41) is 19.8. The highest BCUT2D eigenvalue weighted by atomic mass is 16.6. The maximum absolute atomic E-state index is 12.8. The maximum atomic E-state index is 12.8. The second kappa shape index (κ2) is 12.6. The molecule has 174 valence electrons. The molecule has 0 fully saturated rings. The Balaban J connectivity index is 1.75. The Morgan fingerprint density at radius 2 is 1.47 bits per heavy atom. The Kier molecular flexibility index (Phi) is 9.04. The van der Waals surface area contributed by atoms with Gasteiger partial charge in [-0.1, -0.05) is 84.0 Å². The van der Waals surface area contributed by atoms with Crippen molar-refractivity contribution in [3.05, 3.63) is 113 Å².